The number of hydrogen-bond acceptors (Lipinski definition) is 2. The second-order valence-electron chi connectivity index (χ2n) is 4.74. The number of benzene rings is 2. The summed E-state index contributed by atoms with van der Waals surface area (Å²) in [7, 11) is 0. The van der Waals surface area contributed by atoms with Gasteiger partial charge in [0.25, 0.3) is 0 Å². The molecule has 0 fully saturated rings. The molecule has 21 heavy (non-hydrogen) atoms. The van der Waals surface area contributed by atoms with E-state index in [1.54, 1.807) is 6.07 Å². The predicted octanol–water partition coefficient (Wildman–Crippen LogP) is 4.60. The van der Waals surface area contributed by atoms with E-state index in [0.717, 1.165) is 28.1 Å². The van der Waals surface area contributed by atoms with Gasteiger partial charge >= 0.3 is 0 Å². The number of rotatable bonds is 2. The Labute approximate surface area is 132 Å². The summed E-state index contributed by atoms with van der Waals surface area (Å²) in [5.41, 5.74) is 4.24. The molecular formula is C16H11Cl2N3. The van der Waals surface area contributed by atoms with Gasteiger partial charge in [0.2, 0.25) is 0 Å². The zero-order valence-electron chi connectivity index (χ0n) is 11.3. The average molecular weight is 316 g/mol. The number of aromatic nitrogens is 2. The van der Waals surface area contributed by atoms with Crippen LogP contribution in [-0.2, 0) is 5.88 Å². The van der Waals surface area contributed by atoms with Crippen molar-refractivity contribution in [2.24, 2.45) is 0 Å². The van der Waals surface area contributed by atoms with Crippen molar-refractivity contribution in [1.82, 2.24) is 9.55 Å². The van der Waals surface area contributed by atoms with Crippen LogP contribution in [-0.4, -0.2) is 9.55 Å². The van der Waals surface area contributed by atoms with Crippen LogP contribution in [0.25, 0.3) is 16.7 Å². The molecule has 104 valence electrons. The van der Waals surface area contributed by atoms with Gasteiger partial charge in [-0.05, 0) is 42.8 Å². The van der Waals surface area contributed by atoms with Crippen LogP contribution in [0, 0.1) is 18.3 Å². The van der Waals surface area contributed by atoms with Crippen molar-refractivity contribution in [3.8, 4) is 11.8 Å². The normalized spacial score (nSPS) is 10.8. The Bertz CT molecular complexity index is 875. The lowest BCUT2D eigenvalue weighted by Gasteiger charge is -2.11. The van der Waals surface area contributed by atoms with Crippen molar-refractivity contribution in [3.63, 3.8) is 0 Å². The number of nitriles is 1. The Morgan fingerprint density at radius 2 is 2.05 bits per heavy atom. The quantitative estimate of drug-likeness (QED) is 0.648. The molecule has 3 aromatic rings. The van der Waals surface area contributed by atoms with Gasteiger partial charge in [-0.2, -0.15) is 5.26 Å². The maximum absolute atomic E-state index is 9.09. The van der Waals surface area contributed by atoms with Crippen molar-refractivity contribution in [2.75, 3.05) is 0 Å². The first-order valence-corrected chi connectivity index (χ1v) is 7.29. The molecule has 0 bridgehead atoms. The van der Waals surface area contributed by atoms with Crippen LogP contribution in [0.5, 0.6) is 0 Å². The second-order valence-corrected chi connectivity index (χ2v) is 5.45. The highest BCUT2D eigenvalue weighted by molar-refractivity contribution is 6.30. The third kappa shape index (κ3) is 2.37. The molecule has 5 heteroatoms. The summed E-state index contributed by atoms with van der Waals surface area (Å²) in [4.78, 5) is 4.53. The molecule has 0 spiro atoms. The summed E-state index contributed by atoms with van der Waals surface area (Å²) in [6.45, 7) is 2.00. The van der Waals surface area contributed by atoms with E-state index >= 15 is 0 Å². The molecule has 0 saturated heterocycles. The highest BCUT2D eigenvalue weighted by atomic mass is 35.5. The Hall–Kier alpha value is -2.02. The lowest BCUT2D eigenvalue weighted by Crippen LogP contribution is -2.01. The van der Waals surface area contributed by atoms with Gasteiger partial charge in [-0.1, -0.05) is 17.7 Å². The van der Waals surface area contributed by atoms with Crippen molar-refractivity contribution in [2.45, 2.75) is 12.8 Å². The molecule has 3 rings (SSSR count). The molecule has 0 unspecified atom stereocenters. The standard InChI is InChI=1S/C16H11Cl2N3/c1-10-2-4-12(18)7-14(10)21-15-6-11(9-19)3-5-13(15)20-16(21)8-17/h2-7H,8H2,1H3. The molecule has 0 atom stereocenters. The number of aryl methyl sites for hydroxylation is 1. The summed E-state index contributed by atoms with van der Waals surface area (Å²) in [6, 6.07) is 13.2. The average Bonchev–Trinajstić information content (AvgIpc) is 2.87. The van der Waals surface area contributed by atoms with Gasteiger partial charge in [-0.15, -0.1) is 11.6 Å². The van der Waals surface area contributed by atoms with Crippen LogP contribution in [0.1, 0.15) is 17.0 Å². The third-order valence-corrected chi connectivity index (χ3v) is 3.86. The zero-order valence-corrected chi connectivity index (χ0v) is 12.8. The number of alkyl halides is 1. The Morgan fingerprint density at radius 3 is 2.76 bits per heavy atom. The minimum absolute atomic E-state index is 0.280. The molecule has 1 heterocycles. The summed E-state index contributed by atoms with van der Waals surface area (Å²) >= 11 is 12.2. The van der Waals surface area contributed by atoms with Gasteiger partial charge in [0, 0.05) is 5.02 Å². The molecule has 0 N–H and O–H groups in total. The Morgan fingerprint density at radius 1 is 1.24 bits per heavy atom. The topological polar surface area (TPSA) is 41.6 Å². The number of nitrogens with zero attached hydrogens (tertiary/aromatic N) is 3. The van der Waals surface area contributed by atoms with Gasteiger partial charge in [-0.25, -0.2) is 4.98 Å². The Kier molecular flexibility index (Phi) is 3.59. The van der Waals surface area contributed by atoms with E-state index < -0.39 is 0 Å². The minimum Gasteiger partial charge on any atom is -0.295 e. The van der Waals surface area contributed by atoms with E-state index in [2.05, 4.69) is 11.1 Å². The summed E-state index contributed by atoms with van der Waals surface area (Å²) in [5, 5.41) is 9.74. The molecule has 0 aliphatic heterocycles. The van der Waals surface area contributed by atoms with Gasteiger partial charge < -0.3 is 0 Å². The second kappa shape index (κ2) is 5.40. The smallest absolute Gasteiger partial charge is 0.129 e. The highest BCUT2D eigenvalue weighted by Crippen LogP contribution is 2.27. The molecule has 0 aliphatic rings. The first-order chi connectivity index (χ1) is 10.1. The number of imidazole rings is 1. The van der Waals surface area contributed by atoms with E-state index in [-0.39, 0.29) is 5.88 Å². The van der Waals surface area contributed by atoms with Crippen LogP contribution in [0.15, 0.2) is 36.4 Å². The zero-order chi connectivity index (χ0) is 15.0. The van der Waals surface area contributed by atoms with Crippen LogP contribution >= 0.6 is 23.2 Å². The fraction of sp³-hybridized carbons (Fsp3) is 0.125. The minimum atomic E-state index is 0.280. The van der Waals surface area contributed by atoms with E-state index in [4.69, 9.17) is 28.5 Å². The van der Waals surface area contributed by atoms with Gasteiger partial charge in [0.05, 0.1) is 34.2 Å². The van der Waals surface area contributed by atoms with E-state index in [0.29, 0.717) is 10.6 Å². The van der Waals surface area contributed by atoms with E-state index in [1.165, 1.54) is 0 Å². The molecule has 2 aromatic carbocycles. The van der Waals surface area contributed by atoms with Crippen molar-refractivity contribution in [3.05, 3.63) is 58.4 Å². The van der Waals surface area contributed by atoms with Crippen LogP contribution in [0.3, 0.4) is 0 Å². The van der Waals surface area contributed by atoms with E-state index in [9.17, 15) is 0 Å². The molecule has 0 radical (unpaired) electrons. The van der Waals surface area contributed by atoms with Crippen LogP contribution < -0.4 is 0 Å². The number of halogens is 2. The first kappa shape index (κ1) is 13.9. The van der Waals surface area contributed by atoms with Gasteiger partial charge in [0.15, 0.2) is 0 Å². The predicted molar refractivity (Wildman–Crippen MR) is 85.1 cm³/mol. The fourth-order valence-electron chi connectivity index (χ4n) is 2.38. The molecular weight excluding hydrogens is 305 g/mol. The summed E-state index contributed by atoms with van der Waals surface area (Å²) in [6.07, 6.45) is 0. The maximum atomic E-state index is 9.09. The van der Waals surface area contributed by atoms with Crippen molar-refractivity contribution < 1.29 is 0 Å². The molecule has 1 aromatic heterocycles. The summed E-state index contributed by atoms with van der Waals surface area (Å²) in [5.74, 6) is 1.01. The fourth-order valence-corrected chi connectivity index (χ4v) is 2.72. The van der Waals surface area contributed by atoms with Crippen LogP contribution in [0.2, 0.25) is 5.02 Å². The number of fused-ring (bicyclic) bond motifs is 1. The molecule has 0 amide bonds. The maximum Gasteiger partial charge on any atom is 0.129 e. The van der Waals surface area contributed by atoms with Gasteiger partial charge in [-0.3, -0.25) is 4.57 Å². The third-order valence-electron chi connectivity index (χ3n) is 3.38. The number of hydrogen-bond donors (Lipinski definition) is 0. The molecule has 0 aliphatic carbocycles. The first-order valence-electron chi connectivity index (χ1n) is 6.38. The van der Waals surface area contributed by atoms with Crippen LogP contribution in [0.4, 0.5) is 0 Å². The highest BCUT2D eigenvalue weighted by Gasteiger charge is 2.14. The molecule has 0 saturated carbocycles. The largest absolute Gasteiger partial charge is 0.295 e. The van der Waals surface area contributed by atoms with Crippen molar-refractivity contribution in [1.29, 1.82) is 5.26 Å². The summed E-state index contributed by atoms with van der Waals surface area (Å²) < 4.78 is 1.96. The lowest BCUT2D eigenvalue weighted by molar-refractivity contribution is 0.972. The monoisotopic (exact) mass is 315 g/mol. The SMILES string of the molecule is Cc1ccc(Cl)cc1-n1c(CCl)nc2ccc(C#N)cc21. The van der Waals surface area contributed by atoms with E-state index in [1.807, 2.05) is 41.8 Å². The van der Waals surface area contributed by atoms with Gasteiger partial charge in [0.1, 0.15) is 5.82 Å². The molecule has 3 nitrogen and oxygen atoms in total. The lowest BCUT2D eigenvalue weighted by atomic mass is 10.1. The van der Waals surface area contributed by atoms with Crippen molar-refractivity contribution >= 4 is 34.2 Å². The Balaban J connectivity index is 2.39.